The Morgan fingerprint density at radius 2 is 2.04 bits per heavy atom. The van der Waals surface area contributed by atoms with E-state index in [9.17, 15) is 0 Å². The summed E-state index contributed by atoms with van der Waals surface area (Å²) in [6.07, 6.45) is 0. The van der Waals surface area contributed by atoms with Crippen LogP contribution in [0.15, 0.2) is 33.7 Å². The molecular weight excluding hydrogens is 384 g/mol. The Labute approximate surface area is 157 Å². The number of aliphatic imine (C=N–C) groups is 1. The van der Waals surface area contributed by atoms with Crippen molar-refractivity contribution in [1.29, 1.82) is 0 Å². The Morgan fingerprint density at radius 3 is 2.64 bits per heavy atom. The van der Waals surface area contributed by atoms with E-state index in [0.717, 1.165) is 28.6 Å². The molecule has 0 aliphatic carbocycles. The summed E-state index contributed by atoms with van der Waals surface area (Å²) in [5.41, 5.74) is 1.21. The molecule has 25 heavy (non-hydrogen) atoms. The fourth-order valence-corrected chi connectivity index (χ4v) is 2.51. The third-order valence-corrected chi connectivity index (χ3v) is 4.37. The second kappa shape index (κ2) is 9.53. The lowest BCUT2D eigenvalue weighted by Crippen LogP contribution is -2.40. The van der Waals surface area contributed by atoms with E-state index in [1.165, 1.54) is 5.56 Å². The van der Waals surface area contributed by atoms with Crippen molar-refractivity contribution < 1.29 is 4.74 Å². The summed E-state index contributed by atoms with van der Waals surface area (Å²) in [4.78, 5) is 6.78. The van der Waals surface area contributed by atoms with Gasteiger partial charge in [0.15, 0.2) is 11.8 Å². The van der Waals surface area contributed by atoms with Crippen LogP contribution in [-0.2, 0) is 24.9 Å². The zero-order chi connectivity index (χ0) is 18.2. The summed E-state index contributed by atoms with van der Waals surface area (Å²) in [6, 6.07) is 8.28. The first-order valence-corrected chi connectivity index (χ1v) is 8.88. The number of nitrogens with zero attached hydrogens (tertiary/aromatic N) is 5. The number of hydrogen-bond donors (Lipinski definition) is 1. The molecule has 0 spiro atoms. The van der Waals surface area contributed by atoms with Crippen molar-refractivity contribution in [3.63, 3.8) is 0 Å². The number of methoxy groups -OCH3 is 1. The predicted molar refractivity (Wildman–Crippen MR) is 102 cm³/mol. The lowest BCUT2D eigenvalue weighted by atomic mass is 10.2. The highest BCUT2D eigenvalue weighted by molar-refractivity contribution is 9.10. The van der Waals surface area contributed by atoms with Crippen molar-refractivity contribution in [2.24, 2.45) is 12.0 Å². The van der Waals surface area contributed by atoms with Crippen molar-refractivity contribution in [3.05, 3.63) is 46.0 Å². The largest absolute Gasteiger partial charge is 0.383 e. The summed E-state index contributed by atoms with van der Waals surface area (Å²) >= 11 is 3.46. The Balaban J connectivity index is 2.08. The third-order valence-electron chi connectivity index (χ3n) is 3.84. The summed E-state index contributed by atoms with van der Waals surface area (Å²) in [7, 11) is 5.65. The maximum absolute atomic E-state index is 5.12. The van der Waals surface area contributed by atoms with Gasteiger partial charge in [-0.3, -0.25) is 0 Å². The molecule has 2 rings (SSSR count). The number of benzene rings is 1. The minimum absolute atomic E-state index is 0.470. The number of aryl methyl sites for hydroxylation is 1. The molecule has 2 aromatic rings. The lowest BCUT2D eigenvalue weighted by Gasteiger charge is -2.22. The molecule has 0 bridgehead atoms. The monoisotopic (exact) mass is 408 g/mol. The Hall–Kier alpha value is -1.93. The summed E-state index contributed by atoms with van der Waals surface area (Å²) in [5.74, 6) is 2.52. The molecule has 1 aromatic heterocycles. The van der Waals surface area contributed by atoms with Crippen LogP contribution in [0.2, 0.25) is 0 Å². The molecule has 8 heteroatoms. The minimum Gasteiger partial charge on any atom is -0.383 e. The van der Waals surface area contributed by atoms with E-state index >= 15 is 0 Å². The van der Waals surface area contributed by atoms with E-state index < -0.39 is 0 Å². The van der Waals surface area contributed by atoms with E-state index in [0.29, 0.717) is 19.7 Å². The maximum Gasteiger partial charge on any atom is 0.194 e. The number of hydrogen-bond acceptors (Lipinski definition) is 4. The van der Waals surface area contributed by atoms with Gasteiger partial charge in [0.05, 0.1) is 6.61 Å². The molecule has 0 unspecified atom stereocenters. The van der Waals surface area contributed by atoms with Crippen molar-refractivity contribution in [3.8, 4) is 0 Å². The van der Waals surface area contributed by atoms with Crippen molar-refractivity contribution in [2.75, 3.05) is 27.3 Å². The molecule has 1 aromatic carbocycles. The Bertz CT molecular complexity index is 698. The van der Waals surface area contributed by atoms with Gasteiger partial charge in [-0.1, -0.05) is 28.1 Å². The van der Waals surface area contributed by atoms with Gasteiger partial charge in [-0.05, 0) is 24.6 Å². The molecule has 0 aliphatic rings. The average molecular weight is 409 g/mol. The SMILES string of the molecule is COCCNC(=NCc1nnc(C)n1C)N(C)Cc1ccc(Br)cc1. The van der Waals surface area contributed by atoms with Gasteiger partial charge < -0.3 is 19.5 Å². The first-order valence-electron chi connectivity index (χ1n) is 8.09. The Kier molecular flexibility index (Phi) is 7.39. The molecular formula is C17H25BrN6O. The molecule has 0 saturated heterocycles. The van der Waals surface area contributed by atoms with Crippen LogP contribution >= 0.6 is 15.9 Å². The van der Waals surface area contributed by atoms with E-state index in [1.54, 1.807) is 7.11 Å². The smallest absolute Gasteiger partial charge is 0.194 e. The van der Waals surface area contributed by atoms with E-state index in [1.807, 2.05) is 37.7 Å². The van der Waals surface area contributed by atoms with E-state index in [2.05, 4.69) is 48.5 Å². The molecule has 136 valence electrons. The number of halogens is 1. The standard InChI is InChI=1S/C17H25BrN6O/c1-13-21-22-16(24(13)3)11-20-17(19-9-10-25-4)23(2)12-14-5-7-15(18)8-6-14/h5-8H,9-12H2,1-4H3,(H,19,20). The Morgan fingerprint density at radius 1 is 1.32 bits per heavy atom. The first kappa shape index (κ1) is 19.4. The second-order valence-corrected chi connectivity index (χ2v) is 6.68. The molecule has 1 heterocycles. The fourth-order valence-electron chi connectivity index (χ4n) is 2.25. The van der Waals surface area contributed by atoms with Gasteiger partial charge in [0, 0.05) is 38.8 Å². The highest BCUT2D eigenvalue weighted by atomic mass is 79.9. The van der Waals surface area contributed by atoms with Crippen molar-refractivity contribution >= 4 is 21.9 Å². The lowest BCUT2D eigenvalue weighted by molar-refractivity contribution is 0.203. The van der Waals surface area contributed by atoms with Crippen LogP contribution in [0.5, 0.6) is 0 Å². The molecule has 0 atom stereocenters. The van der Waals surface area contributed by atoms with Crippen molar-refractivity contribution in [1.82, 2.24) is 25.0 Å². The van der Waals surface area contributed by atoms with E-state index in [-0.39, 0.29) is 0 Å². The molecule has 0 radical (unpaired) electrons. The van der Waals surface area contributed by atoms with Crippen LogP contribution in [0.25, 0.3) is 0 Å². The number of ether oxygens (including phenoxy) is 1. The van der Waals surface area contributed by atoms with Crippen LogP contribution < -0.4 is 5.32 Å². The van der Waals surface area contributed by atoms with Crippen molar-refractivity contribution in [2.45, 2.75) is 20.0 Å². The van der Waals surface area contributed by atoms with Gasteiger partial charge in [0.25, 0.3) is 0 Å². The fraction of sp³-hybridized carbons (Fsp3) is 0.471. The van der Waals surface area contributed by atoms with Gasteiger partial charge in [-0.15, -0.1) is 10.2 Å². The first-order chi connectivity index (χ1) is 12.0. The topological polar surface area (TPSA) is 67.6 Å². The summed E-state index contributed by atoms with van der Waals surface area (Å²) in [5, 5.41) is 11.6. The third kappa shape index (κ3) is 5.82. The van der Waals surface area contributed by atoms with Crippen LogP contribution in [0, 0.1) is 6.92 Å². The number of nitrogens with one attached hydrogen (secondary N) is 1. The van der Waals surface area contributed by atoms with Gasteiger partial charge in [-0.2, -0.15) is 0 Å². The molecule has 7 nitrogen and oxygen atoms in total. The van der Waals surface area contributed by atoms with Crippen LogP contribution in [0.1, 0.15) is 17.2 Å². The van der Waals surface area contributed by atoms with Gasteiger partial charge in [-0.25, -0.2) is 4.99 Å². The quantitative estimate of drug-likeness (QED) is 0.431. The van der Waals surface area contributed by atoms with E-state index in [4.69, 9.17) is 9.73 Å². The zero-order valence-corrected chi connectivity index (χ0v) is 16.7. The highest BCUT2D eigenvalue weighted by Crippen LogP contribution is 2.12. The van der Waals surface area contributed by atoms with Gasteiger partial charge in [0.1, 0.15) is 12.4 Å². The predicted octanol–water partition coefficient (Wildman–Crippen LogP) is 2.11. The van der Waals surface area contributed by atoms with Gasteiger partial charge in [0.2, 0.25) is 0 Å². The normalized spacial score (nSPS) is 11.6. The summed E-state index contributed by atoms with van der Waals surface area (Å²) in [6.45, 7) is 4.46. The second-order valence-electron chi connectivity index (χ2n) is 5.76. The number of guanidine groups is 1. The molecule has 0 fully saturated rings. The maximum atomic E-state index is 5.12. The molecule has 1 N–H and O–H groups in total. The minimum atomic E-state index is 0.470. The highest BCUT2D eigenvalue weighted by Gasteiger charge is 2.09. The molecule has 0 aliphatic heterocycles. The van der Waals surface area contributed by atoms with Crippen LogP contribution in [0.4, 0.5) is 0 Å². The summed E-state index contributed by atoms with van der Waals surface area (Å²) < 4.78 is 8.14. The van der Waals surface area contributed by atoms with Crippen LogP contribution in [0.3, 0.4) is 0 Å². The molecule has 0 amide bonds. The zero-order valence-electron chi connectivity index (χ0n) is 15.2. The van der Waals surface area contributed by atoms with Gasteiger partial charge >= 0.3 is 0 Å². The average Bonchev–Trinajstić information content (AvgIpc) is 2.92. The number of aromatic nitrogens is 3. The van der Waals surface area contributed by atoms with Crippen LogP contribution in [-0.4, -0.2) is 52.9 Å². The number of rotatable bonds is 7. The molecule has 0 saturated carbocycles.